The van der Waals surface area contributed by atoms with Gasteiger partial charge in [0.25, 0.3) is 0 Å². The molecular formula is C26H29Cl2F2N7O2. The molecule has 3 rings (SSSR count). The van der Waals surface area contributed by atoms with Gasteiger partial charge in [0.05, 0.1) is 34.3 Å². The van der Waals surface area contributed by atoms with Crippen LogP contribution in [0.2, 0.25) is 10.0 Å². The Kier molecular flexibility index (Phi) is 10.9. The van der Waals surface area contributed by atoms with Gasteiger partial charge in [0.2, 0.25) is 11.9 Å². The van der Waals surface area contributed by atoms with Crippen molar-refractivity contribution < 1.29 is 18.3 Å². The lowest BCUT2D eigenvalue weighted by molar-refractivity contribution is -0.136. The third kappa shape index (κ3) is 8.02. The number of hydrogen-bond acceptors (Lipinski definition) is 6. The zero-order chi connectivity index (χ0) is 28.5. The van der Waals surface area contributed by atoms with Crippen molar-refractivity contribution in [3.05, 3.63) is 58.1 Å². The molecule has 1 aliphatic carbocycles. The molecule has 2 aromatic rings. The van der Waals surface area contributed by atoms with E-state index >= 15 is 0 Å². The number of hydrogen-bond donors (Lipinski definition) is 4. The van der Waals surface area contributed by atoms with E-state index in [0.29, 0.717) is 22.7 Å². The molecule has 0 radical (unpaired) electrons. The van der Waals surface area contributed by atoms with E-state index in [1.54, 1.807) is 42.3 Å². The van der Waals surface area contributed by atoms with Crippen molar-refractivity contribution in [1.29, 1.82) is 10.7 Å². The number of guanidine groups is 1. The van der Waals surface area contributed by atoms with E-state index in [2.05, 4.69) is 20.4 Å². The molecular weight excluding hydrogens is 551 g/mol. The highest BCUT2D eigenvalue weighted by molar-refractivity contribution is 6.42. The molecule has 1 aliphatic rings. The molecule has 0 bridgehead atoms. The van der Waals surface area contributed by atoms with Gasteiger partial charge in [0.15, 0.2) is 6.19 Å². The number of halogens is 4. The van der Waals surface area contributed by atoms with Gasteiger partial charge < -0.3 is 26.1 Å². The monoisotopic (exact) mass is 579 g/mol. The highest BCUT2D eigenvalue weighted by Gasteiger charge is 2.37. The minimum atomic E-state index is -3.00. The maximum Gasteiger partial charge on any atom is 0.387 e. The number of rotatable bonds is 10. The number of aliphatic imine (C=N–C) groups is 1. The van der Waals surface area contributed by atoms with Crippen LogP contribution in [0.25, 0.3) is 0 Å². The topological polar surface area (TPSA) is 140 Å². The molecule has 2 aromatic carbocycles. The normalized spacial score (nSPS) is 17.8. The van der Waals surface area contributed by atoms with Crippen molar-refractivity contribution in [2.45, 2.75) is 44.9 Å². The van der Waals surface area contributed by atoms with Crippen molar-refractivity contribution in [2.75, 3.05) is 18.4 Å². The zero-order valence-corrected chi connectivity index (χ0v) is 22.6. The summed E-state index contributed by atoms with van der Waals surface area (Å²) >= 11 is 12.3. The molecule has 5 N–H and O–H groups in total. The van der Waals surface area contributed by atoms with Crippen molar-refractivity contribution in [3.63, 3.8) is 0 Å². The van der Waals surface area contributed by atoms with Crippen LogP contribution in [0.15, 0.2) is 47.5 Å². The number of nitrogens with one attached hydrogen (secondary N) is 3. The molecule has 0 spiro atoms. The molecule has 0 saturated heterocycles. The third-order valence-corrected chi connectivity index (χ3v) is 7.11. The van der Waals surface area contributed by atoms with E-state index in [9.17, 15) is 18.8 Å². The van der Waals surface area contributed by atoms with Gasteiger partial charge in [-0.3, -0.25) is 10.1 Å². The first kappa shape index (κ1) is 30.1. The van der Waals surface area contributed by atoms with E-state index in [4.69, 9.17) is 34.3 Å². The van der Waals surface area contributed by atoms with Crippen LogP contribution in [0.1, 0.15) is 31.7 Å². The predicted octanol–water partition coefficient (Wildman–Crippen LogP) is 4.85. The summed E-state index contributed by atoms with van der Waals surface area (Å²) in [6.45, 7) is -1.01. The van der Waals surface area contributed by atoms with Crippen LogP contribution < -0.4 is 21.1 Å². The SMILES string of the molecule is CCN(C(=O)C1CCCC1N)C(CN=C(NC#N)Nc1cccc(OC(F)F)c1)C(=N)c1ccc(Cl)c(Cl)c1. The van der Waals surface area contributed by atoms with Crippen LogP contribution in [-0.4, -0.2) is 54.3 Å². The Hall–Kier alpha value is -3.46. The largest absolute Gasteiger partial charge is 0.435 e. The number of alkyl halides is 2. The lowest BCUT2D eigenvalue weighted by atomic mass is 9.97. The van der Waals surface area contributed by atoms with Gasteiger partial charge in [-0.15, -0.1) is 0 Å². The summed E-state index contributed by atoms with van der Waals surface area (Å²) in [4.78, 5) is 19.6. The Bertz CT molecular complexity index is 1260. The number of carbonyl (C=O) groups is 1. The summed E-state index contributed by atoms with van der Waals surface area (Å²) in [5.41, 5.74) is 7.06. The quantitative estimate of drug-likeness (QED) is 0.137. The molecule has 0 aromatic heterocycles. The maximum absolute atomic E-state index is 13.6. The van der Waals surface area contributed by atoms with E-state index in [0.717, 1.165) is 12.8 Å². The smallest absolute Gasteiger partial charge is 0.387 e. The van der Waals surface area contributed by atoms with E-state index < -0.39 is 12.7 Å². The van der Waals surface area contributed by atoms with Gasteiger partial charge in [-0.1, -0.05) is 41.8 Å². The first-order chi connectivity index (χ1) is 18.6. The first-order valence-corrected chi connectivity index (χ1v) is 13.0. The summed E-state index contributed by atoms with van der Waals surface area (Å²) in [5.74, 6) is -0.640. The lowest BCUT2D eigenvalue weighted by Crippen LogP contribution is -2.51. The fraction of sp³-hybridized carbons (Fsp3) is 0.385. The van der Waals surface area contributed by atoms with Crippen LogP contribution >= 0.6 is 23.2 Å². The molecule has 3 atom stereocenters. The number of nitriles is 1. The standard InChI is InChI=1S/C26H29Cl2F2N7O2/c1-2-37(24(38)18-7-4-8-21(18)32)22(23(33)15-9-10-19(27)20(28)11-15)13-34-26(35-14-31)36-16-5-3-6-17(12-16)39-25(29)30/h3,5-6,9-12,18,21-22,25,33H,2,4,7-8,13,32H2,1H3,(H2,34,35,36). The van der Waals surface area contributed by atoms with E-state index in [1.807, 2.05) is 0 Å². The van der Waals surface area contributed by atoms with Crippen LogP contribution in [-0.2, 0) is 4.79 Å². The number of amides is 1. The molecule has 1 saturated carbocycles. The minimum absolute atomic E-state index is 0.0142. The highest BCUT2D eigenvalue weighted by atomic mass is 35.5. The molecule has 1 amide bonds. The molecule has 0 aliphatic heterocycles. The number of ether oxygens (including phenoxy) is 1. The number of nitrogens with two attached hydrogens (primary N) is 1. The average Bonchev–Trinajstić information content (AvgIpc) is 3.33. The van der Waals surface area contributed by atoms with Gasteiger partial charge in [0.1, 0.15) is 5.75 Å². The Labute approximate surface area is 235 Å². The summed E-state index contributed by atoms with van der Waals surface area (Å²) in [6, 6.07) is 9.39. The van der Waals surface area contributed by atoms with E-state index in [1.165, 1.54) is 18.2 Å². The third-order valence-electron chi connectivity index (χ3n) is 6.37. The summed E-state index contributed by atoms with van der Waals surface area (Å²) in [7, 11) is 0. The van der Waals surface area contributed by atoms with Crippen molar-refractivity contribution in [3.8, 4) is 11.9 Å². The zero-order valence-electron chi connectivity index (χ0n) is 21.1. The van der Waals surface area contributed by atoms with Crippen molar-refractivity contribution in [1.82, 2.24) is 10.2 Å². The van der Waals surface area contributed by atoms with Gasteiger partial charge >= 0.3 is 6.61 Å². The average molecular weight is 580 g/mol. The molecule has 208 valence electrons. The Morgan fingerprint density at radius 3 is 2.67 bits per heavy atom. The Morgan fingerprint density at radius 2 is 2.05 bits per heavy atom. The van der Waals surface area contributed by atoms with E-state index in [-0.39, 0.29) is 53.4 Å². The number of anilines is 1. The lowest BCUT2D eigenvalue weighted by Gasteiger charge is -2.33. The Balaban J connectivity index is 1.93. The van der Waals surface area contributed by atoms with Crippen LogP contribution in [0, 0.1) is 22.8 Å². The summed E-state index contributed by atoms with van der Waals surface area (Å²) < 4.78 is 29.7. The predicted molar refractivity (Wildman–Crippen MR) is 148 cm³/mol. The second-order valence-corrected chi connectivity index (χ2v) is 9.66. The number of carbonyl (C=O) groups excluding carboxylic acids is 1. The number of likely N-dealkylation sites (N-methyl/N-ethyl adjacent to an activating group) is 1. The van der Waals surface area contributed by atoms with Gasteiger partial charge in [0, 0.05) is 24.3 Å². The number of nitrogens with zero attached hydrogens (tertiary/aromatic N) is 3. The Morgan fingerprint density at radius 1 is 1.28 bits per heavy atom. The fourth-order valence-corrected chi connectivity index (χ4v) is 4.77. The number of benzene rings is 2. The van der Waals surface area contributed by atoms with Gasteiger partial charge in [-0.2, -0.15) is 14.0 Å². The molecule has 0 heterocycles. The van der Waals surface area contributed by atoms with Crippen LogP contribution in [0.4, 0.5) is 14.5 Å². The summed E-state index contributed by atoms with van der Waals surface area (Å²) in [6.07, 6.45) is 4.02. The first-order valence-electron chi connectivity index (χ1n) is 12.3. The van der Waals surface area contributed by atoms with Gasteiger partial charge in [-0.05, 0) is 49.6 Å². The molecule has 1 fully saturated rings. The molecule has 39 heavy (non-hydrogen) atoms. The fourth-order valence-electron chi connectivity index (χ4n) is 4.47. The summed E-state index contributed by atoms with van der Waals surface area (Å²) in [5, 5.41) is 24.1. The maximum atomic E-state index is 13.6. The molecule has 3 unspecified atom stereocenters. The van der Waals surface area contributed by atoms with Crippen molar-refractivity contribution >= 4 is 46.5 Å². The van der Waals surface area contributed by atoms with Crippen LogP contribution in [0.3, 0.4) is 0 Å². The second-order valence-electron chi connectivity index (χ2n) is 8.84. The second kappa shape index (κ2) is 14.1. The van der Waals surface area contributed by atoms with Gasteiger partial charge in [-0.25, -0.2) is 4.99 Å². The minimum Gasteiger partial charge on any atom is -0.435 e. The molecule has 13 heteroatoms. The van der Waals surface area contributed by atoms with Crippen LogP contribution in [0.5, 0.6) is 5.75 Å². The highest BCUT2D eigenvalue weighted by Crippen LogP contribution is 2.28. The van der Waals surface area contributed by atoms with Crippen molar-refractivity contribution in [2.24, 2.45) is 16.6 Å². The molecule has 9 nitrogen and oxygen atoms in total.